The number of rotatable bonds is 3. The number of halogens is 3. The van der Waals surface area contributed by atoms with Crippen molar-refractivity contribution in [3.8, 4) is 0 Å². The third kappa shape index (κ3) is 4.84. The topological polar surface area (TPSA) is 117 Å². The van der Waals surface area contributed by atoms with Crippen molar-refractivity contribution in [1.82, 2.24) is 20.3 Å². The monoisotopic (exact) mass is 296 g/mol. The van der Waals surface area contributed by atoms with Gasteiger partial charge in [-0.2, -0.15) is 13.2 Å². The number of carboxylic acids is 2. The summed E-state index contributed by atoms with van der Waals surface area (Å²) in [6.07, 6.45) is -3.62. The number of aliphatic carboxylic acids is 1. The van der Waals surface area contributed by atoms with Crippen LogP contribution in [0.25, 0.3) is 0 Å². The van der Waals surface area contributed by atoms with Crippen LogP contribution in [0.2, 0.25) is 0 Å². The zero-order valence-electron chi connectivity index (χ0n) is 9.96. The van der Waals surface area contributed by atoms with E-state index in [1.54, 1.807) is 4.68 Å². The van der Waals surface area contributed by atoms with Crippen LogP contribution in [0.5, 0.6) is 0 Å². The van der Waals surface area contributed by atoms with Gasteiger partial charge in [-0.05, 0) is 0 Å². The lowest BCUT2D eigenvalue weighted by atomic mass is 10.0. The van der Waals surface area contributed by atoms with Crippen molar-refractivity contribution in [1.29, 1.82) is 0 Å². The van der Waals surface area contributed by atoms with E-state index in [9.17, 15) is 18.0 Å². The van der Waals surface area contributed by atoms with Crippen molar-refractivity contribution in [2.45, 2.75) is 12.7 Å². The summed E-state index contributed by atoms with van der Waals surface area (Å²) in [6, 6.07) is 0. The van der Waals surface area contributed by atoms with Crippen molar-refractivity contribution in [3.63, 3.8) is 0 Å². The normalized spacial score (nSPS) is 14.9. The molecule has 0 aromatic carbocycles. The van der Waals surface area contributed by atoms with Gasteiger partial charge in [0.25, 0.3) is 0 Å². The van der Waals surface area contributed by atoms with Crippen LogP contribution in [0.4, 0.5) is 13.2 Å². The second-order valence-electron chi connectivity index (χ2n) is 3.96. The molecule has 2 heterocycles. The second kappa shape index (κ2) is 6.32. The van der Waals surface area contributed by atoms with Crippen LogP contribution in [0, 0.1) is 5.92 Å². The van der Waals surface area contributed by atoms with Crippen molar-refractivity contribution >= 4 is 11.9 Å². The Kier molecular flexibility index (Phi) is 5.02. The number of hydrogen-bond acceptors (Lipinski definition) is 5. The summed E-state index contributed by atoms with van der Waals surface area (Å²) in [5.74, 6) is -3.23. The molecule has 0 spiro atoms. The van der Waals surface area contributed by atoms with E-state index in [4.69, 9.17) is 15.0 Å². The van der Waals surface area contributed by atoms with Gasteiger partial charge in [0.1, 0.15) is 0 Å². The SMILES string of the molecule is O=C(O)C(F)(F)F.O=C(O)c1cn(CC2CNC2)nn1. The highest BCUT2D eigenvalue weighted by atomic mass is 19.4. The molecule has 0 saturated carbocycles. The molecule has 0 amide bonds. The van der Waals surface area contributed by atoms with Gasteiger partial charge in [0.05, 0.1) is 6.20 Å². The molecule has 11 heteroatoms. The Bertz CT molecular complexity index is 484. The molecule has 1 fully saturated rings. The highest BCUT2D eigenvalue weighted by molar-refractivity contribution is 5.84. The summed E-state index contributed by atoms with van der Waals surface area (Å²) in [6.45, 7) is 2.69. The summed E-state index contributed by atoms with van der Waals surface area (Å²) < 4.78 is 33.3. The lowest BCUT2D eigenvalue weighted by Gasteiger charge is -2.26. The average Bonchev–Trinajstić information content (AvgIpc) is 2.71. The molecule has 1 aromatic heterocycles. The van der Waals surface area contributed by atoms with Gasteiger partial charge in [0.2, 0.25) is 0 Å². The maximum absolute atomic E-state index is 10.6. The Balaban J connectivity index is 0.000000246. The van der Waals surface area contributed by atoms with Gasteiger partial charge in [-0.25, -0.2) is 9.59 Å². The number of aromatic carboxylic acids is 1. The van der Waals surface area contributed by atoms with Gasteiger partial charge < -0.3 is 15.5 Å². The van der Waals surface area contributed by atoms with Crippen LogP contribution in [-0.4, -0.2) is 56.4 Å². The van der Waals surface area contributed by atoms with Crippen LogP contribution >= 0.6 is 0 Å². The summed E-state index contributed by atoms with van der Waals surface area (Å²) in [7, 11) is 0. The predicted octanol–water partition coefficient (Wildman–Crippen LogP) is -0.171. The number of hydrogen-bond donors (Lipinski definition) is 3. The lowest BCUT2D eigenvalue weighted by Crippen LogP contribution is -2.44. The first kappa shape index (κ1) is 15.9. The molecular formula is C9H11F3N4O4. The predicted molar refractivity (Wildman–Crippen MR) is 57.0 cm³/mol. The number of alkyl halides is 3. The molecule has 1 aliphatic rings. The molecule has 112 valence electrons. The first-order valence-corrected chi connectivity index (χ1v) is 5.34. The maximum atomic E-state index is 10.6. The van der Waals surface area contributed by atoms with E-state index in [0.29, 0.717) is 5.92 Å². The van der Waals surface area contributed by atoms with E-state index in [0.717, 1.165) is 19.6 Å². The lowest BCUT2D eigenvalue weighted by molar-refractivity contribution is -0.192. The smallest absolute Gasteiger partial charge is 0.476 e. The van der Waals surface area contributed by atoms with Crippen molar-refractivity contribution in [3.05, 3.63) is 11.9 Å². The number of nitrogens with one attached hydrogen (secondary N) is 1. The summed E-state index contributed by atoms with van der Waals surface area (Å²) in [4.78, 5) is 19.4. The van der Waals surface area contributed by atoms with Crippen LogP contribution in [0.15, 0.2) is 6.20 Å². The zero-order chi connectivity index (χ0) is 15.3. The van der Waals surface area contributed by atoms with Gasteiger partial charge in [-0.15, -0.1) is 5.10 Å². The fourth-order valence-corrected chi connectivity index (χ4v) is 1.23. The zero-order valence-corrected chi connectivity index (χ0v) is 9.96. The fourth-order valence-electron chi connectivity index (χ4n) is 1.23. The van der Waals surface area contributed by atoms with Crippen LogP contribution in [-0.2, 0) is 11.3 Å². The van der Waals surface area contributed by atoms with Gasteiger partial charge in [0.15, 0.2) is 5.69 Å². The quantitative estimate of drug-likeness (QED) is 0.708. The molecule has 1 aromatic rings. The van der Waals surface area contributed by atoms with E-state index in [-0.39, 0.29) is 5.69 Å². The third-order valence-electron chi connectivity index (χ3n) is 2.31. The Morgan fingerprint density at radius 2 is 1.95 bits per heavy atom. The van der Waals surface area contributed by atoms with E-state index >= 15 is 0 Å². The largest absolute Gasteiger partial charge is 0.490 e. The van der Waals surface area contributed by atoms with E-state index in [1.807, 2.05) is 0 Å². The minimum Gasteiger partial charge on any atom is -0.476 e. The highest BCUT2D eigenvalue weighted by Crippen LogP contribution is 2.13. The molecule has 8 nitrogen and oxygen atoms in total. The minimum absolute atomic E-state index is 0.00674. The molecule has 1 saturated heterocycles. The van der Waals surface area contributed by atoms with Gasteiger partial charge in [-0.3, -0.25) is 4.68 Å². The van der Waals surface area contributed by atoms with Gasteiger partial charge in [-0.1, -0.05) is 5.21 Å². The second-order valence-corrected chi connectivity index (χ2v) is 3.96. The van der Waals surface area contributed by atoms with Gasteiger partial charge in [0, 0.05) is 25.6 Å². The van der Waals surface area contributed by atoms with Crippen molar-refractivity contribution in [2.75, 3.05) is 13.1 Å². The van der Waals surface area contributed by atoms with E-state index in [2.05, 4.69) is 15.6 Å². The van der Waals surface area contributed by atoms with Gasteiger partial charge >= 0.3 is 18.1 Å². The number of nitrogens with zero attached hydrogens (tertiary/aromatic N) is 3. The van der Waals surface area contributed by atoms with E-state index in [1.165, 1.54) is 6.20 Å². The first-order valence-electron chi connectivity index (χ1n) is 5.34. The average molecular weight is 296 g/mol. The molecule has 0 atom stereocenters. The Morgan fingerprint density at radius 3 is 2.25 bits per heavy atom. The fraction of sp³-hybridized carbons (Fsp3) is 0.556. The molecule has 0 bridgehead atoms. The first-order chi connectivity index (χ1) is 9.20. The van der Waals surface area contributed by atoms with Crippen molar-refractivity contribution in [2.24, 2.45) is 5.92 Å². The molecule has 3 N–H and O–H groups in total. The number of carboxylic acid groups (broad SMARTS) is 2. The van der Waals surface area contributed by atoms with Crippen molar-refractivity contribution < 1.29 is 33.0 Å². The molecule has 0 aliphatic carbocycles. The molecule has 2 rings (SSSR count). The van der Waals surface area contributed by atoms with E-state index < -0.39 is 18.1 Å². The summed E-state index contributed by atoms with van der Waals surface area (Å²) in [5.41, 5.74) is 0.00674. The highest BCUT2D eigenvalue weighted by Gasteiger charge is 2.38. The molecule has 1 aliphatic heterocycles. The van der Waals surface area contributed by atoms with Crippen LogP contribution in [0.1, 0.15) is 10.5 Å². The molecule has 0 unspecified atom stereocenters. The minimum atomic E-state index is -5.08. The Hall–Kier alpha value is -2.17. The van der Waals surface area contributed by atoms with Crippen LogP contribution < -0.4 is 5.32 Å². The molecule has 0 radical (unpaired) electrons. The summed E-state index contributed by atoms with van der Waals surface area (Å²) >= 11 is 0. The van der Waals surface area contributed by atoms with Crippen LogP contribution in [0.3, 0.4) is 0 Å². The number of carbonyl (C=O) groups is 2. The Morgan fingerprint density at radius 1 is 1.40 bits per heavy atom. The molecular weight excluding hydrogens is 285 g/mol. The third-order valence-corrected chi connectivity index (χ3v) is 2.31. The Labute approximate surface area is 110 Å². The summed E-state index contributed by atoms with van der Waals surface area (Å²) in [5, 5.41) is 26.1. The molecule has 20 heavy (non-hydrogen) atoms. The standard InChI is InChI=1S/C7H10N4O2.C2HF3O2/c12-7(13)6-4-11(10-9-6)3-5-1-8-2-5;3-2(4,5)1(6)7/h4-5,8H,1-3H2,(H,12,13);(H,6,7). The maximum Gasteiger partial charge on any atom is 0.490 e. The number of aromatic nitrogens is 3.